The van der Waals surface area contributed by atoms with Gasteiger partial charge in [0.1, 0.15) is 0 Å². The van der Waals surface area contributed by atoms with Crippen LogP contribution in [0, 0.1) is 6.92 Å². The molecular weight excluding hydrogens is 584 g/mol. The van der Waals surface area contributed by atoms with E-state index in [2.05, 4.69) is 5.43 Å². The average molecular weight is 612 g/mol. The molecule has 11 heteroatoms. The van der Waals surface area contributed by atoms with Gasteiger partial charge in [0.15, 0.2) is 0 Å². The third kappa shape index (κ3) is 6.56. The Morgan fingerprint density at radius 2 is 1.36 bits per heavy atom. The Balaban J connectivity index is 1.49. The number of aromatic nitrogens is 1. The van der Waals surface area contributed by atoms with Gasteiger partial charge in [0, 0.05) is 36.2 Å². The molecule has 0 bridgehead atoms. The first-order chi connectivity index (χ1) is 20.7. The molecule has 4 aromatic carbocycles. The number of hydrogen-bond donors (Lipinski definition) is 1. The molecule has 2 amide bonds. The smallest absolute Gasteiger partial charge is 0.338 e. The molecule has 0 saturated carbocycles. The first kappa shape index (κ1) is 30.7. The summed E-state index contributed by atoms with van der Waals surface area (Å²) in [5, 5.41) is 2.73. The van der Waals surface area contributed by atoms with E-state index in [1.807, 2.05) is 66.7 Å². The molecule has 5 rings (SSSR count). The number of alkyl halides is 6. The predicted octanol–water partition coefficient (Wildman–Crippen LogP) is 7.98. The van der Waals surface area contributed by atoms with Crippen LogP contribution < -0.4 is 5.43 Å². The van der Waals surface area contributed by atoms with E-state index in [0.717, 1.165) is 37.8 Å². The van der Waals surface area contributed by atoms with Crippen molar-refractivity contribution in [2.24, 2.45) is 0 Å². The Morgan fingerprint density at radius 3 is 2.00 bits per heavy atom. The fourth-order valence-corrected chi connectivity index (χ4v) is 5.26. The third-order valence-corrected chi connectivity index (χ3v) is 7.54. The van der Waals surface area contributed by atoms with E-state index in [9.17, 15) is 35.9 Å². The van der Waals surface area contributed by atoms with Crippen LogP contribution in [-0.4, -0.2) is 34.5 Å². The van der Waals surface area contributed by atoms with Crippen molar-refractivity contribution in [1.82, 2.24) is 9.58 Å². The van der Waals surface area contributed by atoms with Crippen molar-refractivity contribution < 1.29 is 35.9 Å². The van der Waals surface area contributed by atoms with Crippen LogP contribution in [0.15, 0.2) is 91.0 Å². The highest BCUT2D eigenvalue weighted by Crippen LogP contribution is 2.36. The van der Waals surface area contributed by atoms with E-state index in [1.54, 1.807) is 17.7 Å². The van der Waals surface area contributed by atoms with E-state index in [4.69, 9.17) is 0 Å². The van der Waals surface area contributed by atoms with Crippen LogP contribution in [0.3, 0.4) is 0 Å². The number of likely N-dealkylation sites (N-methyl/N-ethyl adjacent to an activating group) is 1. The van der Waals surface area contributed by atoms with Crippen LogP contribution in [0.2, 0.25) is 0 Å². The molecule has 0 aliphatic heterocycles. The summed E-state index contributed by atoms with van der Waals surface area (Å²) in [6, 6.07) is 22.1. The molecule has 228 valence electrons. The first-order valence-corrected chi connectivity index (χ1v) is 13.6. The number of nitrogens with zero attached hydrogens (tertiary/aromatic N) is 2. The number of amides is 2. The molecule has 0 spiro atoms. The van der Waals surface area contributed by atoms with Gasteiger partial charge in [0.05, 0.1) is 16.6 Å². The van der Waals surface area contributed by atoms with Gasteiger partial charge >= 0.3 is 12.4 Å². The number of halogens is 6. The lowest BCUT2D eigenvalue weighted by Crippen LogP contribution is -2.42. The lowest BCUT2D eigenvalue weighted by Gasteiger charge is -2.29. The second kappa shape index (κ2) is 11.7. The molecular formula is C33H27F6N3O2. The minimum absolute atomic E-state index is 0.0273. The lowest BCUT2D eigenvalue weighted by molar-refractivity contribution is -0.143. The van der Waals surface area contributed by atoms with Crippen molar-refractivity contribution >= 4 is 33.5 Å². The maximum absolute atomic E-state index is 13.5. The maximum Gasteiger partial charge on any atom is 0.416 e. The molecule has 0 saturated heterocycles. The normalized spacial score (nSPS) is 12.8. The second-order valence-corrected chi connectivity index (χ2v) is 10.7. The Morgan fingerprint density at radius 1 is 0.773 bits per heavy atom. The number of nitrogens with one attached hydrogen (secondary N) is 1. The number of fused-ring (bicyclic) bond motifs is 2. The summed E-state index contributed by atoms with van der Waals surface area (Å²) in [5.41, 5.74) is 1.03. The highest BCUT2D eigenvalue weighted by atomic mass is 19.4. The zero-order chi connectivity index (χ0) is 31.8. The van der Waals surface area contributed by atoms with Crippen LogP contribution in [-0.2, 0) is 23.6 Å². The van der Waals surface area contributed by atoms with Gasteiger partial charge in [-0.05, 0) is 60.0 Å². The molecule has 5 nitrogen and oxygen atoms in total. The van der Waals surface area contributed by atoms with Crippen molar-refractivity contribution in [2.45, 2.75) is 38.2 Å². The fraction of sp³-hybridized carbons (Fsp3) is 0.212. The van der Waals surface area contributed by atoms with Gasteiger partial charge in [-0.3, -0.25) is 19.7 Å². The van der Waals surface area contributed by atoms with E-state index in [1.165, 1.54) is 7.05 Å². The maximum atomic E-state index is 13.5. The average Bonchev–Trinajstić information content (AvgIpc) is 3.29. The SMILES string of the molecule is Cc1cc2ccccc2n1NC(=O)CC(Cc1ccc2ccccc2c1)N(C)C(=O)c1cc(C(F)(F)F)cc(C(F)(F)F)c1. The van der Waals surface area contributed by atoms with Crippen LogP contribution in [0.5, 0.6) is 0 Å². The van der Waals surface area contributed by atoms with Crippen molar-refractivity contribution in [3.8, 4) is 0 Å². The topological polar surface area (TPSA) is 54.3 Å². The summed E-state index contributed by atoms with van der Waals surface area (Å²) in [6.45, 7) is 1.80. The van der Waals surface area contributed by atoms with Crippen molar-refractivity contribution in [2.75, 3.05) is 12.5 Å². The molecule has 44 heavy (non-hydrogen) atoms. The summed E-state index contributed by atoms with van der Waals surface area (Å²) in [7, 11) is 1.27. The van der Waals surface area contributed by atoms with Gasteiger partial charge in [0.2, 0.25) is 5.91 Å². The highest BCUT2D eigenvalue weighted by molar-refractivity contribution is 5.95. The molecule has 0 fully saturated rings. The van der Waals surface area contributed by atoms with Crippen molar-refractivity contribution in [3.63, 3.8) is 0 Å². The predicted molar refractivity (Wildman–Crippen MR) is 156 cm³/mol. The Bertz CT molecular complexity index is 1830. The number of hydrogen-bond acceptors (Lipinski definition) is 2. The summed E-state index contributed by atoms with van der Waals surface area (Å²) in [6.07, 6.45) is -10.4. The number of carbonyl (C=O) groups excluding carboxylic acids is 2. The molecule has 0 radical (unpaired) electrons. The number of aryl methyl sites for hydroxylation is 1. The fourth-order valence-electron chi connectivity index (χ4n) is 5.26. The van der Waals surface area contributed by atoms with E-state index < -0.39 is 46.9 Å². The highest BCUT2D eigenvalue weighted by Gasteiger charge is 2.38. The minimum atomic E-state index is -5.11. The van der Waals surface area contributed by atoms with E-state index >= 15 is 0 Å². The van der Waals surface area contributed by atoms with Gasteiger partial charge in [0.25, 0.3) is 5.91 Å². The van der Waals surface area contributed by atoms with Crippen LogP contribution in [0.25, 0.3) is 21.7 Å². The van der Waals surface area contributed by atoms with Crippen LogP contribution in [0.1, 0.15) is 39.2 Å². The van der Waals surface area contributed by atoms with Crippen molar-refractivity contribution in [3.05, 3.63) is 119 Å². The van der Waals surface area contributed by atoms with Gasteiger partial charge in [-0.1, -0.05) is 60.7 Å². The molecule has 1 N–H and O–H groups in total. The number of benzene rings is 4. The van der Waals surface area contributed by atoms with Gasteiger partial charge in [-0.25, -0.2) is 0 Å². The minimum Gasteiger partial charge on any atom is -0.338 e. The third-order valence-electron chi connectivity index (χ3n) is 7.54. The van der Waals surface area contributed by atoms with Gasteiger partial charge < -0.3 is 4.90 Å². The molecule has 0 aliphatic rings. The Labute approximate surface area is 248 Å². The van der Waals surface area contributed by atoms with Crippen molar-refractivity contribution in [1.29, 1.82) is 0 Å². The van der Waals surface area contributed by atoms with Crippen LogP contribution >= 0.6 is 0 Å². The van der Waals surface area contributed by atoms with Gasteiger partial charge in [-0.15, -0.1) is 0 Å². The summed E-state index contributed by atoms with van der Waals surface area (Å²) < 4.78 is 82.7. The van der Waals surface area contributed by atoms with Crippen LogP contribution in [0.4, 0.5) is 26.3 Å². The number of carbonyl (C=O) groups is 2. The summed E-state index contributed by atoms with van der Waals surface area (Å²) in [5.74, 6) is -1.58. The molecule has 1 heterocycles. The quantitative estimate of drug-likeness (QED) is 0.190. The Kier molecular flexibility index (Phi) is 8.15. The molecule has 1 aromatic heterocycles. The second-order valence-electron chi connectivity index (χ2n) is 10.7. The number of para-hydroxylation sites is 1. The molecule has 1 unspecified atom stereocenters. The number of rotatable bonds is 7. The zero-order valence-electron chi connectivity index (χ0n) is 23.6. The standard InChI is InChI=1S/C33H27F6N3O2/c1-20-13-24-9-5-6-10-29(24)42(20)40-30(43)19-28(15-21-11-12-22-7-3-4-8-23(22)14-21)41(2)31(44)25-16-26(32(34,35)36)18-27(17-25)33(37,38)39/h3-14,16-18,28H,15,19H2,1-2H3,(H,40,43). The molecule has 1 atom stereocenters. The van der Waals surface area contributed by atoms with Gasteiger partial charge in [-0.2, -0.15) is 26.3 Å². The summed E-state index contributed by atoms with van der Waals surface area (Å²) in [4.78, 5) is 27.9. The Hall–Kier alpha value is -4.80. The molecule has 5 aromatic rings. The summed E-state index contributed by atoms with van der Waals surface area (Å²) >= 11 is 0. The molecule has 0 aliphatic carbocycles. The lowest BCUT2D eigenvalue weighted by atomic mass is 9.97. The van der Waals surface area contributed by atoms with E-state index in [-0.39, 0.29) is 18.9 Å². The zero-order valence-corrected chi connectivity index (χ0v) is 23.6. The largest absolute Gasteiger partial charge is 0.416 e. The monoisotopic (exact) mass is 611 g/mol. The first-order valence-electron chi connectivity index (χ1n) is 13.6. The van der Waals surface area contributed by atoms with E-state index in [0.29, 0.717) is 12.1 Å².